The molecule has 2 heterocycles. The zero-order valence-electron chi connectivity index (χ0n) is 18.1. The number of likely N-dealkylation sites (tertiary alicyclic amines) is 1. The molecule has 2 aromatic carbocycles. The Kier molecular flexibility index (Phi) is 6.48. The number of rotatable bonds is 7. The number of para-hydroxylation sites is 2. The van der Waals surface area contributed by atoms with Crippen molar-refractivity contribution < 1.29 is 4.79 Å². The molecule has 1 saturated heterocycles. The minimum Gasteiger partial charge on any atom is -0.356 e. The maximum atomic E-state index is 12.6. The van der Waals surface area contributed by atoms with Gasteiger partial charge in [0.1, 0.15) is 5.82 Å². The van der Waals surface area contributed by atoms with Crippen LogP contribution in [0.4, 0.5) is 0 Å². The van der Waals surface area contributed by atoms with Gasteiger partial charge in [0.05, 0.1) is 17.6 Å². The van der Waals surface area contributed by atoms with E-state index in [1.54, 1.807) is 0 Å². The number of nitrogens with one attached hydrogen (secondary N) is 1. The fraction of sp³-hybridized carbons (Fsp3) is 0.440. The molecular formula is C25H32N4O. The van der Waals surface area contributed by atoms with Crippen LogP contribution in [0.3, 0.4) is 0 Å². The topological polar surface area (TPSA) is 50.2 Å². The van der Waals surface area contributed by atoms with Crippen molar-refractivity contribution in [2.24, 2.45) is 5.92 Å². The first kappa shape index (κ1) is 20.6. The molecule has 0 aliphatic carbocycles. The molecule has 1 amide bonds. The summed E-state index contributed by atoms with van der Waals surface area (Å²) in [6.07, 6.45) is 2.73. The van der Waals surface area contributed by atoms with Crippen LogP contribution in [-0.2, 0) is 24.3 Å². The maximum absolute atomic E-state index is 12.6. The molecule has 1 fully saturated rings. The lowest BCUT2D eigenvalue weighted by molar-refractivity contribution is -0.126. The van der Waals surface area contributed by atoms with Crippen LogP contribution in [0, 0.1) is 12.8 Å². The van der Waals surface area contributed by atoms with Crippen molar-refractivity contribution >= 4 is 16.9 Å². The van der Waals surface area contributed by atoms with E-state index >= 15 is 0 Å². The molecule has 158 valence electrons. The average molecular weight is 405 g/mol. The van der Waals surface area contributed by atoms with Crippen molar-refractivity contribution in [3.8, 4) is 0 Å². The zero-order chi connectivity index (χ0) is 20.9. The van der Waals surface area contributed by atoms with Gasteiger partial charge in [-0.25, -0.2) is 4.98 Å². The second kappa shape index (κ2) is 9.43. The Morgan fingerprint density at radius 3 is 2.70 bits per heavy atom. The summed E-state index contributed by atoms with van der Waals surface area (Å²) in [4.78, 5) is 19.9. The van der Waals surface area contributed by atoms with Gasteiger partial charge in [0, 0.05) is 19.0 Å². The molecule has 0 spiro atoms. The number of fused-ring (bicyclic) bond motifs is 1. The summed E-state index contributed by atoms with van der Waals surface area (Å²) in [5.74, 6) is 1.46. The molecule has 0 unspecified atom stereocenters. The van der Waals surface area contributed by atoms with E-state index in [0.717, 1.165) is 56.8 Å². The third-order valence-corrected chi connectivity index (χ3v) is 6.17. The lowest BCUT2D eigenvalue weighted by Crippen LogP contribution is -2.41. The Hall–Kier alpha value is -2.66. The van der Waals surface area contributed by atoms with E-state index < -0.39 is 0 Å². The molecule has 0 radical (unpaired) electrons. The van der Waals surface area contributed by atoms with Gasteiger partial charge in [0.25, 0.3) is 0 Å². The van der Waals surface area contributed by atoms with E-state index in [4.69, 9.17) is 4.98 Å². The van der Waals surface area contributed by atoms with E-state index in [-0.39, 0.29) is 11.8 Å². The highest BCUT2D eigenvalue weighted by molar-refractivity contribution is 5.78. The smallest absolute Gasteiger partial charge is 0.223 e. The van der Waals surface area contributed by atoms with Crippen molar-refractivity contribution in [1.82, 2.24) is 19.8 Å². The van der Waals surface area contributed by atoms with Crippen molar-refractivity contribution in [2.45, 2.75) is 46.2 Å². The van der Waals surface area contributed by atoms with Gasteiger partial charge in [-0.1, -0.05) is 42.0 Å². The van der Waals surface area contributed by atoms with Crippen LogP contribution in [0.5, 0.6) is 0 Å². The van der Waals surface area contributed by atoms with E-state index in [9.17, 15) is 4.79 Å². The zero-order valence-corrected chi connectivity index (χ0v) is 18.1. The van der Waals surface area contributed by atoms with Gasteiger partial charge in [-0.3, -0.25) is 9.69 Å². The molecule has 30 heavy (non-hydrogen) atoms. The number of amides is 1. The summed E-state index contributed by atoms with van der Waals surface area (Å²) in [7, 11) is 0. The largest absolute Gasteiger partial charge is 0.356 e. The van der Waals surface area contributed by atoms with E-state index in [2.05, 4.69) is 71.1 Å². The minimum absolute atomic E-state index is 0.128. The predicted molar refractivity (Wildman–Crippen MR) is 121 cm³/mol. The Balaban J connectivity index is 1.26. The van der Waals surface area contributed by atoms with Crippen molar-refractivity contribution in [3.63, 3.8) is 0 Å². The van der Waals surface area contributed by atoms with Gasteiger partial charge in [-0.15, -0.1) is 0 Å². The van der Waals surface area contributed by atoms with Crippen molar-refractivity contribution in [3.05, 3.63) is 65.5 Å². The fourth-order valence-corrected chi connectivity index (χ4v) is 4.49. The summed E-state index contributed by atoms with van der Waals surface area (Å²) >= 11 is 0. The molecule has 3 aromatic rings. The molecule has 1 aliphatic heterocycles. The second-order valence-corrected chi connectivity index (χ2v) is 8.34. The Labute approximate surface area is 179 Å². The molecule has 5 nitrogen and oxygen atoms in total. The first-order valence-electron chi connectivity index (χ1n) is 11.1. The third kappa shape index (κ3) is 4.73. The summed E-state index contributed by atoms with van der Waals surface area (Å²) in [6, 6.07) is 16.8. The maximum Gasteiger partial charge on any atom is 0.223 e. The first-order valence-corrected chi connectivity index (χ1v) is 11.1. The van der Waals surface area contributed by atoms with Gasteiger partial charge >= 0.3 is 0 Å². The van der Waals surface area contributed by atoms with E-state index in [1.807, 2.05) is 6.07 Å². The van der Waals surface area contributed by atoms with Gasteiger partial charge in [-0.05, 0) is 63.9 Å². The summed E-state index contributed by atoms with van der Waals surface area (Å²) < 4.78 is 2.30. The number of imidazole rings is 1. The molecule has 1 aromatic heterocycles. The number of benzene rings is 2. The standard InChI is InChI=1S/C25H32N4O/c1-3-29-23-10-5-4-9-22(23)27-24(29)18-28-15-12-21(13-16-28)25(30)26-14-11-20-8-6-7-19(2)17-20/h4-10,17,21H,3,11-16,18H2,1-2H3,(H,26,30). The number of hydrogen-bond donors (Lipinski definition) is 1. The van der Waals surface area contributed by atoms with Crippen LogP contribution >= 0.6 is 0 Å². The van der Waals surface area contributed by atoms with Crippen molar-refractivity contribution in [1.29, 1.82) is 0 Å². The quantitative estimate of drug-likeness (QED) is 0.649. The highest BCUT2D eigenvalue weighted by atomic mass is 16.1. The molecule has 0 atom stereocenters. The Morgan fingerprint density at radius 2 is 1.93 bits per heavy atom. The minimum atomic E-state index is 0.128. The van der Waals surface area contributed by atoms with E-state index in [0.29, 0.717) is 6.54 Å². The van der Waals surface area contributed by atoms with Gasteiger partial charge in [0.15, 0.2) is 0 Å². The molecular weight excluding hydrogens is 372 g/mol. The number of hydrogen-bond acceptors (Lipinski definition) is 3. The predicted octanol–water partition coefficient (Wildman–Crippen LogP) is 3.94. The number of aromatic nitrogens is 2. The van der Waals surface area contributed by atoms with Crippen LogP contribution in [-0.4, -0.2) is 40.0 Å². The summed E-state index contributed by atoms with van der Waals surface area (Å²) in [5.41, 5.74) is 4.82. The first-order chi connectivity index (χ1) is 14.6. The van der Waals surface area contributed by atoms with Crippen molar-refractivity contribution in [2.75, 3.05) is 19.6 Å². The Bertz CT molecular complexity index is 1000. The highest BCUT2D eigenvalue weighted by Gasteiger charge is 2.25. The second-order valence-electron chi connectivity index (χ2n) is 8.34. The highest BCUT2D eigenvalue weighted by Crippen LogP contribution is 2.21. The molecule has 0 saturated carbocycles. The van der Waals surface area contributed by atoms with Crippen LogP contribution in [0.2, 0.25) is 0 Å². The lowest BCUT2D eigenvalue weighted by atomic mass is 9.96. The number of carbonyl (C=O) groups is 1. The number of aryl methyl sites for hydroxylation is 2. The third-order valence-electron chi connectivity index (χ3n) is 6.17. The van der Waals surface area contributed by atoms with E-state index in [1.165, 1.54) is 16.6 Å². The summed E-state index contributed by atoms with van der Waals surface area (Å²) in [5, 5.41) is 3.15. The normalized spacial score (nSPS) is 15.5. The number of nitrogens with zero attached hydrogens (tertiary/aromatic N) is 3. The average Bonchev–Trinajstić information content (AvgIpc) is 3.11. The fourth-order valence-electron chi connectivity index (χ4n) is 4.49. The molecule has 4 rings (SSSR count). The number of carbonyl (C=O) groups excluding carboxylic acids is 1. The van der Waals surface area contributed by atoms with Gasteiger partial charge in [-0.2, -0.15) is 0 Å². The van der Waals surface area contributed by atoms with Crippen LogP contribution < -0.4 is 5.32 Å². The monoisotopic (exact) mass is 404 g/mol. The van der Waals surface area contributed by atoms with Gasteiger partial charge < -0.3 is 9.88 Å². The molecule has 5 heteroatoms. The molecule has 0 bridgehead atoms. The van der Waals surface area contributed by atoms with Crippen LogP contribution in [0.1, 0.15) is 36.7 Å². The molecule has 1 aliphatic rings. The van der Waals surface area contributed by atoms with Crippen LogP contribution in [0.25, 0.3) is 11.0 Å². The van der Waals surface area contributed by atoms with Crippen LogP contribution in [0.15, 0.2) is 48.5 Å². The summed E-state index contributed by atoms with van der Waals surface area (Å²) in [6.45, 7) is 8.66. The van der Waals surface area contributed by atoms with Gasteiger partial charge in [0.2, 0.25) is 5.91 Å². The number of piperidine rings is 1. The lowest BCUT2D eigenvalue weighted by Gasteiger charge is -2.31. The molecule has 1 N–H and O–H groups in total. The SMILES string of the molecule is CCn1c(CN2CCC(C(=O)NCCc3cccc(C)c3)CC2)nc2ccccc21. The Morgan fingerprint density at radius 1 is 1.13 bits per heavy atom.